The van der Waals surface area contributed by atoms with E-state index in [1.807, 2.05) is 0 Å². The van der Waals surface area contributed by atoms with Crippen LogP contribution >= 0.6 is 0 Å². The van der Waals surface area contributed by atoms with Crippen molar-refractivity contribution in [1.29, 1.82) is 0 Å². The average molecular weight is 356 g/mol. The molecule has 132 valence electrons. The van der Waals surface area contributed by atoms with Crippen LogP contribution in [0.4, 0.5) is 0 Å². The van der Waals surface area contributed by atoms with E-state index in [1.165, 1.54) is 42.5 Å². The third-order valence-electron chi connectivity index (χ3n) is 3.51. The molecule has 0 saturated carbocycles. The summed E-state index contributed by atoms with van der Waals surface area (Å²) in [4.78, 5) is 44.8. The highest BCUT2D eigenvalue weighted by molar-refractivity contribution is 6.11. The van der Waals surface area contributed by atoms with Gasteiger partial charge >= 0.3 is 23.9 Å². The maximum atomic E-state index is 11.5. The van der Waals surface area contributed by atoms with Crippen molar-refractivity contribution in [1.82, 2.24) is 0 Å². The Hall–Kier alpha value is -3.94. The maximum absolute atomic E-state index is 11.5. The molecule has 8 heteroatoms. The van der Waals surface area contributed by atoms with E-state index in [9.17, 15) is 29.4 Å². The van der Waals surface area contributed by atoms with Gasteiger partial charge in [-0.25, -0.2) is 19.2 Å². The molecule has 0 heterocycles. The highest BCUT2D eigenvalue weighted by Crippen LogP contribution is 2.22. The molecular weight excluding hydrogens is 344 g/mol. The van der Waals surface area contributed by atoms with Crippen LogP contribution in [-0.2, 0) is 0 Å². The molecule has 4 N–H and O–H groups in total. The Morgan fingerprint density at radius 3 is 1.65 bits per heavy atom. The fourth-order valence-electron chi connectivity index (χ4n) is 2.31. The van der Waals surface area contributed by atoms with Crippen LogP contribution in [0.1, 0.15) is 52.6 Å². The molecule has 0 fully saturated rings. The van der Waals surface area contributed by atoms with Crippen LogP contribution in [-0.4, -0.2) is 44.3 Å². The number of hydrogen-bond acceptors (Lipinski definition) is 4. The summed E-state index contributed by atoms with van der Waals surface area (Å²) in [5, 5.41) is 36.5. The van der Waals surface area contributed by atoms with Crippen molar-refractivity contribution >= 4 is 36.0 Å². The molecule has 0 atom stereocenters. The lowest BCUT2D eigenvalue weighted by molar-refractivity contribution is 0.0633. The fourth-order valence-corrected chi connectivity index (χ4v) is 2.31. The summed E-state index contributed by atoms with van der Waals surface area (Å²) >= 11 is 0. The molecule has 2 aromatic carbocycles. The van der Waals surface area contributed by atoms with Gasteiger partial charge in [-0.1, -0.05) is 30.4 Å². The fraction of sp³-hybridized carbons (Fsp3) is 0. The molecule has 0 aliphatic rings. The van der Waals surface area contributed by atoms with Crippen LogP contribution in [0.5, 0.6) is 0 Å². The summed E-state index contributed by atoms with van der Waals surface area (Å²) in [6, 6.07) is 7.91. The highest BCUT2D eigenvalue weighted by atomic mass is 16.4. The molecule has 0 saturated heterocycles. The van der Waals surface area contributed by atoms with Gasteiger partial charge in [-0.2, -0.15) is 0 Å². The predicted molar refractivity (Wildman–Crippen MR) is 89.6 cm³/mol. The van der Waals surface area contributed by atoms with Gasteiger partial charge in [0.25, 0.3) is 0 Å². The molecule has 0 bridgehead atoms. The van der Waals surface area contributed by atoms with Crippen molar-refractivity contribution in [3.63, 3.8) is 0 Å². The van der Waals surface area contributed by atoms with Gasteiger partial charge in [0.05, 0.1) is 22.3 Å². The maximum Gasteiger partial charge on any atom is 0.337 e. The number of aromatic carboxylic acids is 4. The lowest BCUT2D eigenvalue weighted by atomic mass is 9.95. The summed E-state index contributed by atoms with van der Waals surface area (Å²) in [5.74, 6) is -5.89. The smallest absolute Gasteiger partial charge is 0.337 e. The summed E-state index contributed by atoms with van der Waals surface area (Å²) in [7, 11) is 0. The Balaban J connectivity index is 2.54. The van der Waals surface area contributed by atoms with Crippen molar-refractivity contribution in [3.8, 4) is 0 Å². The van der Waals surface area contributed by atoms with Gasteiger partial charge < -0.3 is 20.4 Å². The molecule has 0 aliphatic heterocycles. The van der Waals surface area contributed by atoms with E-state index in [-0.39, 0.29) is 11.1 Å². The first-order valence-corrected chi connectivity index (χ1v) is 7.10. The molecule has 2 rings (SSSR count). The van der Waals surface area contributed by atoms with Gasteiger partial charge in [-0.3, -0.25) is 0 Å². The SMILES string of the molecule is O=C(O)c1ccc(/C=C\c2ccc(C(=O)O)c(C(=O)O)c2C(=O)O)cc1. The Bertz CT molecular complexity index is 938. The first-order chi connectivity index (χ1) is 12.2. The number of carbonyl (C=O) groups is 4. The molecule has 8 nitrogen and oxygen atoms in total. The van der Waals surface area contributed by atoms with Crippen LogP contribution in [0, 0.1) is 0 Å². The third-order valence-corrected chi connectivity index (χ3v) is 3.51. The quantitative estimate of drug-likeness (QED) is 0.577. The predicted octanol–water partition coefficient (Wildman–Crippen LogP) is 2.65. The molecule has 2 aromatic rings. The number of benzene rings is 2. The monoisotopic (exact) mass is 356 g/mol. The minimum atomic E-state index is -1.67. The van der Waals surface area contributed by atoms with Gasteiger partial charge in [0.2, 0.25) is 0 Å². The Labute approximate surface area is 146 Å². The largest absolute Gasteiger partial charge is 0.478 e. The molecule has 0 aliphatic carbocycles. The van der Waals surface area contributed by atoms with Gasteiger partial charge in [0.15, 0.2) is 0 Å². The van der Waals surface area contributed by atoms with Crippen LogP contribution in [0.25, 0.3) is 12.2 Å². The standard InChI is InChI=1S/C18H12O8/c19-15(20)11-5-2-9(3-6-11)1-4-10-7-8-12(16(21)22)14(18(25)26)13(10)17(23)24/h1-8H,(H,19,20)(H,21,22)(H,23,24)(H,25,26)/b4-1-. The molecule has 0 amide bonds. The molecule has 0 spiro atoms. The van der Waals surface area contributed by atoms with Crippen LogP contribution < -0.4 is 0 Å². The molecule has 0 radical (unpaired) electrons. The Morgan fingerprint density at radius 2 is 1.19 bits per heavy atom. The second-order valence-electron chi connectivity index (χ2n) is 5.13. The van der Waals surface area contributed by atoms with Gasteiger partial charge in [-0.15, -0.1) is 0 Å². The third kappa shape index (κ3) is 3.75. The topological polar surface area (TPSA) is 149 Å². The van der Waals surface area contributed by atoms with Crippen LogP contribution in [0.15, 0.2) is 36.4 Å². The molecule has 0 unspecified atom stereocenters. The lowest BCUT2D eigenvalue weighted by Gasteiger charge is -2.09. The van der Waals surface area contributed by atoms with Crippen molar-refractivity contribution in [2.45, 2.75) is 0 Å². The van der Waals surface area contributed by atoms with Crippen LogP contribution in [0.2, 0.25) is 0 Å². The second kappa shape index (κ2) is 7.31. The Morgan fingerprint density at radius 1 is 0.615 bits per heavy atom. The minimum Gasteiger partial charge on any atom is -0.478 e. The lowest BCUT2D eigenvalue weighted by Crippen LogP contribution is -2.16. The van der Waals surface area contributed by atoms with Crippen LogP contribution in [0.3, 0.4) is 0 Å². The van der Waals surface area contributed by atoms with E-state index in [1.54, 1.807) is 0 Å². The first-order valence-electron chi connectivity index (χ1n) is 7.10. The minimum absolute atomic E-state index is 0.00205. The second-order valence-corrected chi connectivity index (χ2v) is 5.13. The zero-order valence-electron chi connectivity index (χ0n) is 13.0. The number of hydrogen-bond donors (Lipinski definition) is 4. The van der Waals surface area contributed by atoms with E-state index in [0.29, 0.717) is 5.56 Å². The van der Waals surface area contributed by atoms with Crippen molar-refractivity contribution < 1.29 is 39.6 Å². The van der Waals surface area contributed by atoms with E-state index in [4.69, 9.17) is 10.2 Å². The van der Waals surface area contributed by atoms with Gasteiger partial charge in [-0.05, 0) is 29.3 Å². The first kappa shape index (κ1) is 18.4. The number of carboxylic acids is 4. The molecule has 26 heavy (non-hydrogen) atoms. The van der Waals surface area contributed by atoms with Crippen molar-refractivity contribution in [3.05, 3.63) is 69.8 Å². The summed E-state index contributed by atoms with van der Waals surface area (Å²) in [5.41, 5.74) is -1.46. The van der Waals surface area contributed by atoms with Gasteiger partial charge in [0, 0.05) is 0 Å². The zero-order valence-corrected chi connectivity index (χ0v) is 13.0. The van der Waals surface area contributed by atoms with Crippen molar-refractivity contribution in [2.24, 2.45) is 0 Å². The van der Waals surface area contributed by atoms with Crippen molar-refractivity contribution in [2.75, 3.05) is 0 Å². The summed E-state index contributed by atoms with van der Waals surface area (Å²) < 4.78 is 0. The van der Waals surface area contributed by atoms with E-state index in [0.717, 1.165) is 6.07 Å². The number of carboxylic acid groups (broad SMARTS) is 4. The number of rotatable bonds is 6. The zero-order chi connectivity index (χ0) is 19.4. The summed E-state index contributed by atoms with van der Waals surface area (Å²) in [6.07, 6.45) is 2.77. The molecule has 0 aromatic heterocycles. The van der Waals surface area contributed by atoms with E-state index >= 15 is 0 Å². The molecular formula is C18H12O8. The van der Waals surface area contributed by atoms with Gasteiger partial charge in [0.1, 0.15) is 0 Å². The normalized spacial score (nSPS) is 10.6. The highest BCUT2D eigenvalue weighted by Gasteiger charge is 2.26. The Kier molecular flexibility index (Phi) is 5.17. The summed E-state index contributed by atoms with van der Waals surface area (Å²) in [6.45, 7) is 0. The van der Waals surface area contributed by atoms with E-state index < -0.39 is 40.6 Å². The average Bonchev–Trinajstić information content (AvgIpc) is 2.58. The van der Waals surface area contributed by atoms with E-state index in [2.05, 4.69) is 0 Å².